The summed E-state index contributed by atoms with van der Waals surface area (Å²) in [5.41, 5.74) is 1.52. The smallest absolute Gasteiger partial charge is 0.279 e. The van der Waals surface area contributed by atoms with Crippen LogP contribution >= 0.6 is 11.3 Å². The van der Waals surface area contributed by atoms with E-state index >= 15 is 0 Å². The zero-order valence-corrected chi connectivity index (χ0v) is 16.4. The van der Waals surface area contributed by atoms with E-state index in [4.69, 9.17) is 9.47 Å². The molecule has 0 N–H and O–H groups in total. The molecule has 1 aromatic heterocycles. The second-order valence-electron chi connectivity index (χ2n) is 6.73. The Morgan fingerprint density at radius 2 is 1.83 bits per heavy atom. The minimum atomic E-state index is -0.266. The van der Waals surface area contributed by atoms with Gasteiger partial charge in [-0.25, -0.2) is 0 Å². The first-order chi connectivity index (χ1) is 14.2. The van der Waals surface area contributed by atoms with Crippen molar-refractivity contribution in [1.82, 2.24) is 4.57 Å². The van der Waals surface area contributed by atoms with Gasteiger partial charge in [-0.2, -0.15) is 4.99 Å². The van der Waals surface area contributed by atoms with Crippen molar-refractivity contribution in [2.75, 3.05) is 13.2 Å². The van der Waals surface area contributed by atoms with Crippen LogP contribution in [0.1, 0.15) is 10.4 Å². The Balaban J connectivity index is 1.63. The van der Waals surface area contributed by atoms with Gasteiger partial charge in [0.1, 0.15) is 13.2 Å². The summed E-state index contributed by atoms with van der Waals surface area (Å²) in [7, 11) is 0. The first kappa shape index (κ1) is 17.7. The van der Waals surface area contributed by atoms with Gasteiger partial charge in [-0.3, -0.25) is 4.79 Å². The largest absolute Gasteiger partial charge is 0.486 e. The summed E-state index contributed by atoms with van der Waals surface area (Å²) in [5.74, 6) is 1.17. The number of allylic oxidation sites excluding steroid dienone is 1. The summed E-state index contributed by atoms with van der Waals surface area (Å²) in [6.45, 7) is 5.45. The molecule has 6 heteroatoms. The molecule has 0 radical (unpaired) electrons. The molecule has 1 aliphatic rings. The molecule has 0 unspecified atom stereocenters. The minimum absolute atomic E-state index is 0.266. The predicted octanol–water partition coefficient (Wildman–Crippen LogP) is 4.55. The first-order valence-corrected chi connectivity index (χ1v) is 10.2. The van der Waals surface area contributed by atoms with Crippen LogP contribution in [0.4, 0.5) is 0 Å². The van der Waals surface area contributed by atoms with Gasteiger partial charge in [0.25, 0.3) is 5.91 Å². The number of thiazole rings is 1. The Bertz CT molecular complexity index is 1330. The number of aromatic nitrogens is 1. The first-order valence-electron chi connectivity index (χ1n) is 9.35. The maximum absolute atomic E-state index is 12.9. The summed E-state index contributed by atoms with van der Waals surface area (Å²) in [6.07, 6.45) is 1.79. The Hall–Kier alpha value is -3.38. The number of benzene rings is 3. The van der Waals surface area contributed by atoms with Crippen LogP contribution in [0.3, 0.4) is 0 Å². The van der Waals surface area contributed by atoms with Crippen LogP contribution in [0.2, 0.25) is 0 Å². The van der Waals surface area contributed by atoms with E-state index in [0.29, 0.717) is 35.9 Å². The Morgan fingerprint density at radius 1 is 1.07 bits per heavy atom. The maximum atomic E-state index is 12.9. The van der Waals surface area contributed by atoms with Crippen LogP contribution in [-0.2, 0) is 6.54 Å². The maximum Gasteiger partial charge on any atom is 0.279 e. The summed E-state index contributed by atoms with van der Waals surface area (Å²) < 4.78 is 14.4. The van der Waals surface area contributed by atoms with Gasteiger partial charge in [-0.1, -0.05) is 47.7 Å². The van der Waals surface area contributed by atoms with Crippen LogP contribution in [0.15, 0.2) is 72.2 Å². The lowest BCUT2D eigenvalue weighted by molar-refractivity contribution is 0.0998. The van der Waals surface area contributed by atoms with Crippen LogP contribution in [-0.4, -0.2) is 23.7 Å². The molecule has 0 fully saturated rings. The number of amides is 1. The Morgan fingerprint density at radius 3 is 2.62 bits per heavy atom. The van der Waals surface area contributed by atoms with Crippen LogP contribution in [0.25, 0.3) is 21.0 Å². The third-order valence-corrected chi connectivity index (χ3v) is 5.89. The van der Waals surface area contributed by atoms with Gasteiger partial charge in [0.2, 0.25) is 0 Å². The van der Waals surface area contributed by atoms with E-state index in [9.17, 15) is 4.79 Å². The van der Waals surface area contributed by atoms with Gasteiger partial charge >= 0.3 is 0 Å². The molecule has 1 aliphatic heterocycles. The lowest BCUT2D eigenvalue weighted by Crippen LogP contribution is -2.17. The zero-order chi connectivity index (χ0) is 19.8. The van der Waals surface area contributed by atoms with Crippen molar-refractivity contribution >= 4 is 38.2 Å². The van der Waals surface area contributed by atoms with Gasteiger partial charge in [0.05, 0.1) is 10.2 Å². The number of carbonyl (C=O) groups excluding carboxylic acids is 1. The standard InChI is InChI=1S/C23H18N2O3S/c1-2-9-25-18-13-19-20(28-11-10-27-19)14-21(18)29-23(25)24-22(26)17-8-7-15-5-3-4-6-16(15)12-17/h2-8,12-14H,1,9-11H2. The van der Waals surface area contributed by atoms with Gasteiger partial charge in [0.15, 0.2) is 16.3 Å². The molecule has 0 spiro atoms. The Kier molecular flexibility index (Phi) is 4.41. The number of hydrogen-bond donors (Lipinski definition) is 0. The molecular formula is C23H18N2O3S. The van der Waals surface area contributed by atoms with Gasteiger partial charge in [-0.15, -0.1) is 6.58 Å². The highest BCUT2D eigenvalue weighted by atomic mass is 32.1. The van der Waals surface area contributed by atoms with E-state index in [0.717, 1.165) is 26.7 Å². The minimum Gasteiger partial charge on any atom is -0.486 e. The van der Waals surface area contributed by atoms with E-state index < -0.39 is 0 Å². The van der Waals surface area contributed by atoms with E-state index in [1.807, 2.05) is 59.2 Å². The average molecular weight is 402 g/mol. The molecule has 5 nitrogen and oxygen atoms in total. The van der Waals surface area contributed by atoms with Crippen molar-refractivity contribution in [1.29, 1.82) is 0 Å². The third-order valence-electron chi connectivity index (χ3n) is 4.85. The van der Waals surface area contributed by atoms with Crippen LogP contribution in [0, 0.1) is 0 Å². The van der Waals surface area contributed by atoms with Gasteiger partial charge in [-0.05, 0) is 22.9 Å². The number of carbonyl (C=O) groups is 1. The zero-order valence-electron chi connectivity index (χ0n) is 15.6. The molecule has 0 aliphatic carbocycles. The van der Waals surface area contributed by atoms with Crippen molar-refractivity contribution in [3.05, 3.63) is 77.6 Å². The van der Waals surface area contributed by atoms with Gasteiger partial charge < -0.3 is 14.0 Å². The topological polar surface area (TPSA) is 52.8 Å². The van der Waals surface area contributed by atoms with Crippen molar-refractivity contribution in [2.45, 2.75) is 6.54 Å². The molecular weight excluding hydrogens is 384 g/mol. The number of nitrogens with zero attached hydrogens (tertiary/aromatic N) is 2. The molecule has 0 saturated carbocycles. The highest BCUT2D eigenvalue weighted by Gasteiger charge is 2.16. The fraction of sp³-hybridized carbons (Fsp3) is 0.130. The number of hydrogen-bond acceptors (Lipinski definition) is 4. The molecule has 29 heavy (non-hydrogen) atoms. The SMILES string of the molecule is C=CCn1c(=NC(=O)c2ccc3ccccc3c2)sc2cc3c(cc21)OCCO3. The summed E-state index contributed by atoms with van der Waals surface area (Å²) >= 11 is 1.46. The average Bonchev–Trinajstić information content (AvgIpc) is 3.08. The molecule has 0 saturated heterocycles. The van der Waals surface area contributed by atoms with Crippen molar-refractivity contribution in [3.8, 4) is 11.5 Å². The molecule has 1 amide bonds. The molecule has 3 aromatic carbocycles. The van der Waals surface area contributed by atoms with E-state index in [-0.39, 0.29) is 5.91 Å². The van der Waals surface area contributed by atoms with E-state index in [1.54, 1.807) is 6.08 Å². The second kappa shape index (κ2) is 7.22. The highest BCUT2D eigenvalue weighted by molar-refractivity contribution is 7.16. The van der Waals surface area contributed by atoms with Crippen LogP contribution in [0.5, 0.6) is 11.5 Å². The quantitative estimate of drug-likeness (QED) is 0.472. The lowest BCUT2D eigenvalue weighted by Gasteiger charge is -2.18. The summed E-state index contributed by atoms with van der Waals surface area (Å²) in [6, 6.07) is 17.5. The molecule has 144 valence electrons. The fourth-order valence-electron chi connectivity index (χ4n) is 3.47. The summed E-state index contributed by atoms with van der Waals surface area (Å²) in [4.78, 5) is 18.0. The van der Waals surface area contributed by atoms with Gasteiger partial charge in [0, 0.05) is 24.2 Å². The normalized spacial score (nSPS) is 13.7. The Labute approximate surface area is 171 Å². The molecule has 0 atom stereocenters. The third kappa shape index (κ3) is 3.21. The monoisotopic (exact) mass is 402 g/mol. The number of fused-ring (bicyclic) bond motifs is 3. The molecule has 0 bridgehead atoms. The van der Waals surface area contributed by atoms with Crippen molar-refractivity contribution < 1.29 is 14.3 Å². The van der Waals surface area contributed by atoms with Crippen molar-refractivity contribution in [2.24, 2.45) is 4.99 Å². The number of ether oxygens (including phenoxy) is 2. The molecule has 2 heterocycles. The van der Waals surface area contributed by atoms with E-state index in [1.165, 1.54) is 11.3 Å². The number of rotatable bonds is 3. The molecule has 4 aromatic rings. The fourth-order valence-corrected chi connectivity index (χ4v) is 4.52. The summed E-state index contributed by atoms with van der Waals surface area (Å²) in [5, 5.41) is 2.11. The van der Waals surface area contributed by atoms with Crippen molar-refractivity contribution in [3.63, 3.8) is 0 Å². The molecule has 5 rings (SSSR count). The highest BCUT2D eigenvalue weighted by Crippen LogP contribution is 2.35. The van der Waals surface area contributed by atoms with Crippen LogP contribution < -0.4 is 14.3 Å². The lowest BCUT2D eigenvalue weighted by atomic mass is 10.1. The van der Waals surface area contributed by atoms with E-state index in [2.05, 4.69) is 11.6 Å². The second-order valence-corrected chi connectivity index (χ2v) is 7.74. The predicted molar refractivity (Wildman–Crippen MR) is 115 cm³/mol.